The molecule has 2 aliphatic heterocycles. The number of unbranched alkanes of at least 4 members (excludes halogenated alkanes) is 2. The SMILES string of the molecule is Cl.N#[N+]c1ccc(C(=O)NC(CCCCNC(=O)CCCC[C@@H]2SC[C@@H]3N=C([O-])N[C@@H]32)C(=O)O)cc1. The molecule has 36 heavy (non-hydrogen) atoms. The smallest absolute Gasteiger partial charge is 0.385 e. The largest absolute Gasteiger partial charge is 0.846 e. The Labute approximate surface area is 219 Å². The normalized spacial score (nSPS) is 20.6. The zero-order valence-electron chi connectivity index (χ0n) is 19.7. The van der Waals surface area contributed by atoms with Gasteiger partial charge in [-0.1, -0.05) is 6.42 Å². The summed E-state index contributed by atoms with van der Waals surface area (Å²) in [7, 11) is 0. The van der Waals surface area contributed by atoms with Crippen molar-refractivity contribution in [3.05, 3.63) is 34.8 Å². The number of benzene rings is 1. The second-order valence-electron chi connectivity index (χ2n) is 8.65. The Morgan fingerprint density at radius 2 is 1.97 bits per heavy atom. The van der Waals surface area contributed by atoms with E-state index >= 15 is 0 Å². The Hall–Kier alpha value is -3.04. The summed E-state index contributed by atoms with van der Waals surface area (Å²) < 4.78 is 0. The lowest BCUT2D eigenvalue weighted by molar-refractivity contribution is -0.220. The van der Waals surface area contributed by atoms with E-state index in [1.165, 1.54) is 24.3 Å². The molecule has 0 spiro atoms. The van der Waals surface area contributed by atoms with E-state index in [1.807, 2.05) is 11.8 Å². The molecule has 1 aromatic carbocycles. The summed E-state index contributed by atoms with van der Waals surface area (Å²) in [5, 5.41) is 38.1. The van der Waals surface area contributed by atoms with Gasteiger partial charge in [-0.25, -0.2) is 4.79 Å². The monoisotopic (exact) mass is 538 g/mol. The number of hydrogen-bond acceptors (Lipinski definition) is 8. The fourth-order valence-corrected chi connectivity index (χ4v) is 5.69. The third kappa shape index (κ3) is 8.57. The Morgan fingerprint density at radius 3 is 2.67 bits per heavy atom. The van der Waals surface area contributed by atoms with Crippen LogP contribution >= 0.6 is 24.2 Å². The predicted molar refractivity (Wildman–Crippen MR) is 137 cm³/mol. The molecule has 0 aliphatic carbocycles. The minimum Gasteiger partial charge on any atom is -0.846 e. The van der Waals surface area contributed by atoms with Crippen molar-refractivity contribution in [3.63, 3.8) is 0 Å². The molecule has 4 N–H and O–H groups in total. The van der Waals surface area contributed by atoms with E-state index in [9.17, 15) is 24.6 Å². The molecule has 0 radical (unpaired) electrons. The van der Waals surface area contributed by atoms with Crippen LogP contribution in [0.5, 0.6) is 0 Å². The van der Waals surface area contributed by atoms with Gasteiger partial charge in [0.25, 0.3) is 5.91 Å². The fourth-order valence-electron chi connectivity index (χ4n) is 4.18. The second-order valence-corrected chi connectivity index (χ2v) is 9.92. The van der Waals surface area contributed by atoms with Crippen LogP contribution in [-0.2, 0) is 9.59 Å². The number of carboxylic acids is 1. The summed E-state index contributed by atoms with van der Waals surface area (Å²) in [4.78, 5) is 42.9. The quantitative estimate of drug-likeness (QED) is 0.217. The predicted octanol–water partition coefficient (Wildman–Crippen LogP) is 1.79. The van der Waals surface area contributed by atoms with Crippen LogP contribution in [0, 0.1) is 5.39 Å². The van der Waals surface area contributed by atoms with E-state index in [2.05, 4.69) is 25.9 Å². The molecule has 13 heteroatoms. The number of rotatable bonds is 13. The van der Waals surface area contributed by atoms with Gasteiger partial charge >= 0.3 is 11.7 Å². The number of amidine groups is 1. The van der Waals surface area contributed by atoms with Crippen LogP contribution in [0.15, 0.2) is 29.3 Å². The summed E-state index contributed by atoms with van der Waals surface area (Å²) in [6.45, 7) is 0.445. The molecular formula is C23H31ClN6O5S. The molecule has 196 valence electrons. The van der Waals surface area contributed by atoms with E-state index in [0.29, 0.717) is 36.7 Å². The first kappa shape index (κ1) is 29.2. The Kier molecular flexibility index (Phi) is 11.8. The van der Waals surface area contributed by atoms with Crippen LogP contribution in [0.4, 0.5) is 5.69 Å². The lowest BCUT2D eigenvalue weighted by Crippen LogP contribution is -2.43. The van der Waals surface area contributed by atoms with Gasteiger partial charge in [0.2, 0.25) is 11.3 Å². The molecule has 11 nitrogen and oxygen atoms in total. The molecular weight excluding hydrogens is 508 g/mol. The molecule has 1 aromatic rings. The number of hydrogen-bond donors (Lipinski definition) is 4. The molecule has 1 unspecified atom stereocenters. The van der Waals surface area contributed by atoms with Gasteiger partial charge in [-0.3, -0.25) is 14.6 Å². The van der Waals surface area contributed by atoms with Crippen LogP contribution in [0.1, 0.15) is 55.3 Å². The van der Waals surface area contributed by atoms with E-state index < -0.39 is 17.9 Å². The van der Waals surface area contributed by atoms with Crippen molar-refractivity contribution in [2.24, 2.45) is 4.99 Å². The highest BCUT2D eigenvalue weighted by molar-refractivity contribution is 8.00. The first-order chi connectivity index (χ1) is 16.9. The lowest BCUT2D eigenvalue weighted by atomic mass is 10.0. The number of carboxylic acid groups (broad SMARTS) is 1. The van der Waals surface area contributed by atoms with Crippen molar-refractivity contribution in [3.8, 4) is 0 Å². The van der Waals surface area contributed by atoms with E-state index in [4.69, 9.17) is 5.39 Å². The molecule has 4 atom stereocenters. The number of thioether (sulfide) groups is 1. The van der Waals surface area contributed by atoms with Crippen LogP contribution in [-0.4, -0.2) is 64.6 Å². The average Bonchev–Trinajstić information content (AvgIpc) is 3.39. The van der Waals surface area contributed by atoms with Crippen molar-refractivity contribution in [1.82, 2.24) is 16.0 Å². The minimum atomic E-state index is -1.12. The Morgan fingerprint density at radius 1 is 1.22 bits per heavy atom. The molecule has 2 aliphatic rings. The zero-order valence-corrected chi connectivity index (χ0v) is 21.4. The van der Waals surface area contributed by atoms with Crippen molar-refractivity contribution < 1.29 is 24.6 Å². The van der Waals surface area contributed by atoms with Gasteiger partial charge in [-0.15, -0.1) is 12.4 Å². The first-order valence-corrected chi connectivity index (χ1v) is 12.8. The molecule has 3 rings (SSSR count). The number of fused-ring (bicyclic) bond motifs is 1. The van der Waals surface area contributed by atoms with Gasteiger partial charge in [-0.05, 0) is 44.2 Å². The average molecular weight is 539 g/mol. The first-order valence-electron chi connectivity index (χ1n) is 11.8. The summed E-state index contributed by atoms with van der Waals surface area (Å²) in [6, 6.07) is 4.75. The number of carbonyl (C=O) groups excluding carboxylic acids is 2. The fraction of sp³-hybridized carbons (Fsp3) is 0.565. The Balaban J connectivity index is 0.00000456. The highest BCUT2D eigenvalue weighted by atomic mass is 35.5. The molecule has 0 bridgehead atoms. The van der Waals surface area contributed by atoms with E-state index in [-0.39, 0.29) is 48.4 Å². The van der Waals surface area contributed by atoms with Gasteiger partial charge in [0.1, 0.15) is 6.04 Å². The molecule has 2 heterocycles. The number of halogens is 1. The number of amides is 2. The zero-order chi connectivity index (χ0) is 25.2. The van der Waals surface area contributed by atoms with Crippen molar-refractivity contribution in [1.29, 1.82) is 5.39 Å². The maximum Gasteiger partial charge on any atom is 0.385 e. The summed E-state index contributed by atoms with van der Waals surface area (Å²) in [6.07, 6.45) is 4.41. The Bertz CT molecular complexity index is 986. The number of carbonyl (C=O) groups is 3. The maximum atomic E-state index is 12.3. The van der Waals surface area contributed by atoms with Crippen LogP contribution in [0.3, 0.4) is 0 Å². The standard InChI is InChI=1S/C23H30N6O5S.ClH/c24-29-15-10-8-14(9-11-15)21(31)26-16(22(32)33)5-3-4-12-25-19(30)7-2-1-6-18-20-17(13-35-18)27-23(34)28-20;/h8-11,16-18,20H,1-7,12-13H2,(H4-,25,26,27,28,30,31,32,33,34);1H/t16?,17-,18-,20-;/m0./s1. The van der Waals surface area contributed by atoms with Crippen molar-refractivity contribution in [2.45, 2.75) is 68.3 Å². The van der Waals surface area contributed by atoms with Crippen molar-refractivity contribution >= 4 is 53.7 Å². The molecule has 2 amide bonds. The van der Waals surface area contributed by atoms with E-state index in [0.717, 1.165) is 25.0 Å². The molecule has 0 saturated carbocycles. The van der Waals surface area contributed by atoms with Crippen LogP contribution in [0.2, 0.25) is 0 Å². The van der Waals surface area contributed by atoms with Crippen molar-refractivity contribution in [2.75, 3.05) is 12.3 Å². The van der Waals surface area contributed by atoms with Gasteiger partial charge in [0.05, 0.1) is 12.1 Å². The summed E-state index contributed by atoms with van der Waals surface area (Å²) in [5.41, 5.74) is 0.560. The van der Waals surface area contributed by atoms with Gasteiger partial charge in [0.15, 0.2) is 4.98 Å². The molecule has 1 fully saturated rings. The van der Waals surface area contributed by atoms with Crippen LogP contribution in [0.25, 0.3) is 4.98 Å². The number of diazo groups is 1. The molecule has 0 aromatic heterocycles. The number of aliphatic imine (C=N–C) groups is 1. The third-order valence-electron chi connectivity index (χ3n) is 6.10. The highest BCUT2D eigenvalue weighted by Crippen LogP contribution is 2.34. The minimum absolute atomic E-state index is 0. The number of nitrogens with one attached hydrogen (secondary N) is 3. The van der Waals surface area contributed by atoms with Gasteiger partial charge in [0, 0.05) is 47.7 Å². The number of aliphatic carboxylic acids is 1. The topological polar surface area (TPSA) is 171 Å². The van der Waals surface area contributed by atoms with Gasteiger partial charge < -0.3 is 26.2 Å². The summed E-state index contributed by atoms with van der Waals surface area (Å²) >= 11 is 1.83. The second kappa shape index (κ2) is 14.5. The maximum absolute atomic E-state index is 12.3. The third-order valence-corrected chi connectivity index (χ3v) is 7.59. The van der Waals surface area contributed by atoms with E-state index in [1.54, 1.807) is 0 Å². The number of nitrogens with zero attached hydrogens (tertiary/aromatic N) is 3. The lowest BCUT2D eigenvalue weighted by Gasteiger charge is -2.19. The highest BCUT2D eigenvalue weighted by Gasteiger charge is 2.38. The van der Waals surface area contributed by atoms with Gasteiger partial charge in [-0.2, -0.15) is 11.8 Å². The summed E-state index contributed by atoms with van der Waals surface area (Å²) in [5.74, 6) is -0.810. The molecule has 1 saturated heterocycles. The van der Waals surface area contributed by atoms with Crippen LogP contribution < -0.4 is 21.1 Å².